The minimum atomic E-state index is -0.823. The zero-order valence-electron chi connectivity index (χ0n) is 11.2. The number of benzene rings is 1. The third-order valence-electron chi connectivity index (χ3n) is 3.69. The van der Waals surface area contributed by atoms with Gasteiger partial charge in [-0.15, -0.1) is 0 Å². The van der Waals surface area contributed by atoms with Crippen LogP contribution in [0.3, 0.4) is 0 Å². The number of rotatable bonds is 2. The number of amides is 1. The average Bonchev–Trinajstić information content (AvgIpc) is 3.01. The molecule has 0 radical (unpaired) electrons. The molecule has 5 nitrogen and oxygen atoms in total. The van der Waals surface area contributed by atoms with Crippen molar-refractivity contribution in [2.45, 2.75) is 18.9 Å². The third kappa shape index (κ3) is 2.63. The molecule has 1 saturated heterocycles. The van der Waals surface area contributed by atoms with Crippen LogP contribution in [0.2, 0.25) is 0 Å². The highest BCUT2D eigenvalue weighted by molar-refractivity contribution is 5.94. The molecule has 1 aromatic heterocycles. The molecule has 3 rings (SSSR count). The monoisotopic (exact) mass is 292 g/mol. The zero-order chi connectivity index (χ0) is 14.8. The molecule has 0 atom stereocenters. The van der Waals surface area contributed by atoms with Gasteiger partial charge in [-0.2, -0.15) is 15.0 Å². The second kappa shape index (κ2) is 5.59. The molecule has 0 spiro atoms. The molecule has 0 aliphatic carbocycles. The van der Waals surface area contributed by atoms with E-state index in [1.165, 1.54) is 11.0 Å². The van der Waals surface area contributed by atoms with Crippen molar-refractivity contribution in [2.24, 2.45) is 0 Å². The Morgan fingerprint density at radius 2 is 1.67 bits per heavy atom. The van der Waals surface area contributed by atoms with Crippen molar-refractivity contribution in [1.29, 1.82) is 0 Å². The molecule has 1 amide bonds. The van der Waals surface area contributed by atoms with Gasteiger partial charge < -0.3 is 4.90 Å². The quantitative estimate of drug-likeness (QED) is 0.851. The molecule has 7 heteroatoms. The second-order valence-electron chi connectivity index (χ2n) is 4.97. The summed E-state index contributed by atoms with van der Waals surface area (Å²) in [6.45, 7) is 0.859. The standard InChI is InChI=1S/C14H14F2N4O/c15-11-2-1-3-12(16)13(11)14(21)19-8-4-10(5-9-19)20-17-6-7-18-20/h1-3,6-7,10H,4-5,8-9H2. The Kier molecular flexibility index (Phi) is 3.64. The van der Waals surface area contributed by atoms with E-state index in [1.54, 1.807) is 17.2 Å². The van der Waals surface area contributed by atoms with Gasteiger partial charge >= 0.3 is 0 Å². The van der Waals surface area contributed by atoms with Crippen molar-refractivity contribution in [2.75, 3.05) is 13.1 Å². The van der Waals surface area contributed by atoms with Crippen LogP contribution in [0.4, 0.5) is 8.78 Å². The summed E-state index contributed by atoms with van der Waals surface area (Å²) in [6.07, 6.45) is 4.53. The van der Waals surface area contributed by atoms with E-state index in [1.807, 2.05) is 0 Å². The van der Waals surface area contributed by atoms with E-state index in [0.717, 1.165) is 12.1 Å². The predicted molar refractivity (Wildman–Crippen MR) is 70.6 cm³/mol. The Hall–Kier alpha value is -2.31. The normalized spacial score (nSPS) is 16.2. The van der Waals surface area contributed by atoms with Gasteiger partial charge in [0.05, 0.1) is 18.4 Å². The summed E-state index contributed by atoms with van der Waals surface area (Å²) < 4.78 is 27.3. The van der Waals surface area contributed by atoms with Gasteiger partial charge in [0, 0.05) is 13.1 Å². The first-order valence-electron chi connectivity index (χ1n) is 6.76. The number of piperidine rings is 1. The number of carbonyl (C=O) groups is 1. The maximum atomic E-state index is 13.6. The summed E-state index contributed by atoms with van der Waals surface area (Å²) >= 11 is 0. The zero-order valence-corrected chi connectivity index (χ0v) is 11.2. The van der Waals surface area contributed by atoms with Gasteiger partial charge in [0.15, 0.2) is 0 Å². The van der Waals surface area contributed by atoms with Gasteiger partial charge in [-0.25, -0.2) is 8.78 Å². The van der Waals surface area contributed by atoms with Crippen molar-refractivity contribution >= 4 is 5.91 Å². The van der Waals surface area contributed by atoms with Crippen LogP contribution in [-0.2, 0) is 0 Å². The van der Waals surface area contributed by atoms with Crippen LogP contribution in [0.15, 0.2) is 30.6 Å². The topological polar surface area (TPSA) is 51.0 Å². The molecular formula is C14H14F2N4O. The van der Waals surface area contributed by atoms with Crippen LogP contribution in [0.25, 0.3) is 0 Å². The van der Waals surface area contributed by atoms with Crippen LogP contribution in [0, 0.1) is 11.6 Å². The summed E-state index contributed by atoms with van der Waals surface area (Å²) in [5.41, 5.74) is -0.479. The Balaban J connectivity index is 1.71. The molecule has 2 heterocycles. The van der Waals surface area contributed by atoms with E-state index in [2.05, 4.69) is 10.2 Å². The maximum Gasteiger partial charge on any atom is 0.259 e. The summed E-state index contributed by atoms with van der Waals surface area (Å²) in [6, 6.07) is 3.55. The fourth-order valence-electron chi connectivity index (χ4n) is 2.57. The number of halogens is 2. The first kappa shape index (κ1) is 13.7. The third-order valence-corrected chi connectivity index (χ3v) is 3.69. The SMILES string of the molecule is O=C(c1c(F)cccc1F)N1CCC(n2nccn2)CC1. The lowest BCUT2D eigenvalue weighted by molar-refractivity contribution is 0.0674. The summed E-state index contributed by atoms with van der Waals surface area (Å²) in [7, 11) is 0. The largest absolute Gasteiger partial charge is 0.338 e. The number of hydrogen-bond donors (Lipinski definition) is 0. The van der Waals surface area contributed by atoms with Gasteiger partial charge in [0.25, 0.3) is 5.91 Å². The molecule has 1 aromatic carbocycles. The lowest BCUT2D eigenvalue weighted by Gasteiger charge is -2.31. The first-order valence-corrected chi connectivity index (χ1v) is 6.76. The smallest absolute Gasteiger partial charge is 0.259 e. The summed E-state index contributed by atoms with van der Waals surface area (Å²) in [5.74, 6) is -2.25. The van der Waals surface area contributed by atoms with E-state index < -0.39 is 23.1 Å². The van der Waals surface area contributed by atoms with Crippen molar-refractivity contribution in [3.05, 3.63) is 47.8 Å². The number of likely N-dealkylation sites (tertiary alicyclic amines) is 1. The average molecular weight is 292 g/mol. The molecule has 21 heavy (non-hydrogen) atoms. The van der Waals surface area contributed by atoms with Crippen LogP contribution >= 0.6 is 0 Å². The van der Waals surface area contributed by atoms with Gasteiger partial charge in [0.1, 0.15) is 17.2 Å². The van der Waals surface area contributed by atoms with Crippen molar-refractivity contribution in [3.8, 4) is 0 Å². The molecule has 1 fully saturated rings. The minimum absolute atomic E-state index is 0.120. The second-order valence-corrected chi connectivity index (χ2v) is 4.97. The van der Waals surface area contributed by atoms with Crippen LogP contribution < -0.4 is 0 Å². The Morgan fingerprint density at radius 1 is 1.10 bits per heavy atom. The molecule has 0 unspecified atom stereocenters. The van der Waals surface area contributed by atoms with E-state index in [-0.39, 0.29) is 6.04 Å². The highest BCUT2D eigenvalue weighted by atomic mass is 19.1. The summed E-state index contributed by atoms with van der Waals surface area (Å²) in [4.78, 5) is 15.3. The molecule has 110 valence electrons. The fraction of sp³-hybridized carbons (Fsp3) is 0.357. The van der Waals surface area contributed by atoms with Crippen molar-refractivity contribution in [3.63, 3.8) is 0 Å². The summed E-state index contributed by atoms with van der Waals surface area (Å²) in [5, 5.41) is 8.16. The Labute approximate surface area is 120 Å². The number of nitrogens with zero attached hydrogens (tertiary/aromatic N) is 4. The Morgan fingerprint density at radius 3 is 2.24 bits per heavy atom. The molecule has 0 N–H and O–H groups in total. The highest BCUT2D eigenvalue weighted by Crippen LogP contribution is 2.23. The van der Waals surface area contributed by atoms with E-state index >= 15 is 0 Å². The molecular weight excluding hydrogens is 278 g/mol. The highest BCUT2D eigenvalue weighted by Gasteiger charge is 2.28. The van der Waals surface area contributed by atoms with Gasteiger partial charge in [0.2, 0.25) is 0 Å². The van der Waals surface area contributed by atoms with E-state index in [0.29, 0.717) is 25.9 Å². The molecule has 0 bridgehead atoms. The van der Waals surface area contributed by atoms with Gasteiger partial charge in [-0.3, -0.25) is 4.79 Å². The van der Waals surface area contributed by atoms with Crippen LogP contribution in [0.1, 0.15) is 29.2 Å². The lowest BCUT2D eigenvalue weighted by Crippen LogP contribution is -2.40. The molecule has 2 aromatic rings. The molecule has 1 aliphatic heterocycles. The number of carbonyl (C=O) groups excluding carboxylic acids is 1. The number of hydrogen-bond acceptors (Lipinski definition) is 3. The molecule has 1 aliphatic rings. The van der Waals surface area contributed by atoms with Crippen LogP contribution in [0.5, 0.6) is 0 Å². The van der Waals surface area contributed by atoms with Crippen LogP contribution in [-0.4, -0.2) is 38.9 Å². The van der Waals surface area contributed by atoms with E-state index in [4.69, 9.17) is 0 Å². The Bertz CT molecular complexity index is 616. The van der Waals surface area contributed by atoms with Gasteiger partial charge in [-0.05, 0) is 25.0 Å². The predicted octanol–water partition coefficient (Wildman–Crippen LogP) is 2.03. The molecule has 0 saturated carbocycles. The maximum absolute atomic E-state index is 13.6. The van der Waals surface area contributed by atoms with E-state index in [9.17, 15) is 13.6 Å². The van der Waals surface area contributed by atoms with Gasteiger partial charge in [-0.1, -0.05) is 6.07 Å². The van der Waals surface area contributed by atoms with Crippen molar-refractivity contribution < 1.29 is 13.6 Å². The number of aromatic nitrogens is 3. The first-order chi connectivity index (χ1) is 10.2. The van der Waals surface area contributed by atoms with Crippen molar-refractivity contribution in [1.82, 2.24) is 19.9 Å². The lowest BCUT2D eigenvalue weighted by atomic mass is 10.0. The minimum Gasteiger partial charge on any atom is -0.338 e. The fourth-order valence-corrected chi connectivity index (χ4v) is 2.57.